The molecule has 0 bridgehead atoms. The first-order valence-electron chi connectivity index (χ1n) is 9.57. The summed E-state index contributed by atoms with van der Waals surface area (Å²) in [5, 5.41) is 4.89. The Morgan fingerprint density at radius 3 is 2.61 bits per heavy atom. The zero-order valence-corrected chi connectivity index (χ0v) is 16.7. The highest BCUT2D eigenvalue weighted by molar-refractivity contribution is 7.12. The highest BCUT2D eigenvalue weighted by Crippen LogP contribution is 2.27. The summed E-state index contributed by atoms with van der Waals surface area (Å²) in [4.78, 5) is 13.1. The van der Waals surface area contributed by atoms with Gasteiger partial charge in [-0.1, -0.05) is 6.07 Å². The number of amides is 1. The van der Waals surface area contributed by atoms with Crippen molar-refractivity contribution < 1.29 is 14.3 Å². The first kappa shape index (κ1) is 18.6. The number of nitrogens with one attached hydrogen (secondary N) is 1. The molecular formula is C23H23NO3S. The SMILES string of the molecule is CCOc1ccc(NC(=O)c2cc(COc3ccc4c(c3)CCC4)cs2)cc1. The first-order valence-corrected chi connectivity index (χ1v) is 10.5. The van der Waals surface area contributed by atoms with Crippen LogP contribution >= 0.6 is 11.3 Å². The Kier molecular flexibility index (Phi) is 5.63. The van der Waals surface area contributed by atoms with Gasteiger partial charge in [-0.3, -0.25) is 4.79 Å². The predicted molar refractivity (Wildman–Crippen MR) is 113 cm³/mol. The van der Waals surface area contributed by atoms with Gasteiger partial charge in [0.1, 0.15) is 18.1 Å². The lowest BCUT2D eigenvalue weighted by atomic mass is 10.1. The van der Waals surface area contributed by atoms with Gasteiger partial charge >= 0.3 is 0 Å². The molecule has 2 aromatic carbocycles. The number of anilines is 1. The Labute approximate surface area is 169 Å². The van der Waals surface area contributed by atoms with Gasteiger partial charge in [-0.2, -0.15) is 0 Å². The molecule has 3 aromatic rings. The number of rotatable bonds is 7. The van der Waals surface area contributed by atoms with Gasteiger partial charge in [-0.05, 0) is 85.2 Å². The van der Waals surface area contributed by atoms with Crippen molar-refractivity contribution in [2.45, 2.75) is 32.8 Å². The summed E-state index contributed by atoms with van der Waals surface area (Å²) in [5.74, 6) is 1.58. The molecule has 144 valence electrons. The van der Waals surface area contributed by atoms with E-state index in [1.165, 1.54) is 35.3 Å². The lowest BCUT2D eigenvalue weighted by Crippen LogP contribution is -2.10. The van der Waals surface area contributed by atoms with Crippen molar-refractivity contribution in [3.05, 3.63) is 75.5 Å². The van der Waals surface area contributed by atoms with Gasteiger partial charge in [0, 0.05) is 11.3 Å². The summed E-state index contributed by atoms with van der Waals surface area (Å²) >= 11 is 1.43. The van der Waals surface area contributed by atoms with E-state index in [-0.39, 0.29) is 5.91 Å². The molecule has 0 spiro atoms. The molecule has 1 aromatic heterocycles. The van der Waals surface area contributed by atoms with Crippen LogP contribution in [0.3, 0.4) is 0 Å². The van der Waals surface area contributed by atoms with Crippen LogP contribution in [0.25, 0.3) is 0 Å². The molecular weight excluding hydrogens is 370 g/mol. The molecule has 0 radical (unpaired) electrons. The number of carbonyl (C=O) groups is 1. The number of ether oxygens (including phenoxy) is 2. The Morgan fingerprint density at radius 1 is 1.00 bits per heavy atom. The Balaban J connectivity index is 1.33. The van der Waals surface area contributed by atoms with Crippen LogP contribution in [-0.2, 0) is 19.4 Å². The summed E-state index contributed by atoms with van der Waals surface area (Å²) in [7, 11) is 0. The quantitative estimate of drug-likeness (QED) is 0.579. The number of carbonyl (C=O) groups excluding carboxylic acids is 1. The van der Waals surface area contributed by atoms with Gasteiger partial charge in [0.2, 0.25) is 0 Å². The van der Waals surface area contributed by atoms with E-state index in [0.29, 0.717) is 18.1 Å². The van der Waals surface area contributed by atoms with Crippen molar-refractivity contribution in [3.8, 4) is 11.5 Å². The Morgan fingerprint density at radius 2 is 1.79 bits per heavy atom. The van der Waals surface area contributed by atoms with Gasteiger partial charge in [0.25, 0.3) is 5.91 Å². The Hall–Kier alpha value is -2.79. The average molecular weight is 394 g/mol. The van der Waals surface area contributed by atoms with E-state index in [9.17, 15) is 4.79 Å². The number of hydrogen-bond donors (Lipinski definition) is 1. The molecule has 0 atom stereocenters. The smallest absolute Gasteiger partial charge is 0.265 e. The van der Waals surface area contributed by atoms with E-state index in [1.54, 1.807) is 0 Å². The van der Waals surface area contributed by atoms with Crippen LogP contribution in [-0.4, -0.2) is 12.5 Å². The second-order valence-electron chi connectivity index (χ2n) is 6.80. The first-order chi connectivity index (χ1) is 13.7. The zero-order valence-electron chi connectivity index (χ0n) is 15.9. The molecule has 1 heterocycles. The summed E-state index contributed by atoms with van der Waals surface area (Å²) in [5.41, 5.74) is 4.59. The molecule has 1 N–H and O–H groups in total. The van der Waals surface area contributed by atoms with Crippen molar-refractivity contribution in [3.63, 3.8) is 0 Å². The standard InChI is InChI=1S/C23H23NO3S/c1-2-26-20-10-7-19(8-11-20)24-23(25)22-12-16(15-28-22)14-27-21-9-6-17-4-3-5-18(17)13-21/h6-13,15H,2-5,14H2,1H3,(H,24,25). The molecule has 28 heavy (non-hydrogen) atoms. The van der Waals surface area contributed by atoms with Gasteiger partial charge in [-0.15, -0.1) is 11.3 Å². The molecule has 1 amide bonds. The molecule has 0 aliphatic heterocycles. The second kappa shape index (κ2) is 8.48. The highest BCUT2D eigenvalue weighted by Gasteiger charge is 2.13. The zero-order chi connectivity index (χ0) is 19.3. The third-order valence-electron chi connectivity index (χ3n) is 4.78. The molecule has 4 nitrogen and oxygen atoms in total. The summed E-state index contributed by atoms with van der Waals surface area (Å²) in [6, 6.07) is 15.6. The molecule has 1 aliphatic rings. The second-order valence-corrected chi connectivity index (χ2v) is 7.71. The summed E-state index contributed by atoms with van der Waals surface area (Å²) in [6.45, 7) is 3.03. The van der Waals surface area contributed by atoms with E-state index < -0.39 is 0 Å². The number of hydrogen-bond acceptors (Lipinski definition) is 4. The lowest BCUT2D eigenvalue weighted by molar-refractivity contribution is 0.103. The van der Waals surface area contributed by atoms with Crippen molar-refractivity contribution in [2.24, 2.45) is 0 Å². The number of thiophene rings is 1. The van der Waals surface area contributed by atoms with E-state index in [4.69, 9.17) is 9.47 Å². The predicted octanol–water partition coefficient (Wildman–Crippen LogP) is 5.47. The largest absolute Gasteiger partial charge is 0.494 e. The lowest BCUT2D eigenvalue weighted by Gasteiger charge is -2.07. The molecule has 0 fully saturated rings. The fourth-order valence-corrected chi connectivity index (χ4v) is 4.16. The maximum Gasteiger partial charge on any atom is 0.265 e. The van der Waals surface area contributed by atoms with Crippen molar-refractivity contribution in [1.29, 1.82) is 0 Å². The molecule has 1 aliphatic carbocycles. The van der Waals surface area contributed by atoms with Crippen LogP contribution in [0, 0.1) is 0 Å². The number of aryl methyl sites for hydroxylation is 2. The third-order valence-corrected chi connectivity index (χ3v) is 5.75. The average Bonchev–Trinajstić information content (AvgIpc) is 3.37. The Bertz CT molecular complexity index is 962. The maximum atomic E-state index is 12.5. The monoisotopic (exact) mass is 393 g/mol. The van der Waals surface area contributed by atoms with Crippen LogP contribution in [0.15, 0.2) is 53.9 Å². The minimum Gasteiger partial charge on any atom is -0.494 e. The van der Waals surface area contributed by atoms with Gasteiger partial charge in [0.05, 0.1) is 11.5 Å². The third kappa shape index (κ3) is 4.37. The van der Waals surface area contributed by atoms with Crippen molar-refractivity contribution >= 4 is 22.9 Å². The van der Waals surface area contributed by atoms with Crippen LogP contribution in [0.4, 0.5) is 5.69 Å². The molecule has 4 rings (SSSR count). The van der Waals surface area contributed by atoms with Crippen LogP contribution in [0.2, 0.25) is 0 Å². The minimum atomic E-state index is -0.113. The van der Waals surface area contributed by atoms with Gasteiger partial charge < -0.3 is 14.8 Å². The molecule has 0 saturated carbocycles. The van der Waals surface area contributed by atoms with Crippen molar-refractivity contribution in [2.75, 3.05) is 11.9 Å². The summed E-state index contributed by atoms with van der Waals surface area (Å²) < 4.78 is 11.3. The normalized spacial score (nSPS) is 12.5. The van der Waals surface area contributed by atoms with Gasteiger partial charge in [-0.25, -0.2) is 0 Å². The topological polar surface area (TPSA) is 47.6 Å². The molecule has 0 saturated heterocycles. The van der Waals surface area contributed by atoms with E-state index in [1.807, 2.05) is 48.7 Å². The van der Waals surface area contributed by atoms with E-state index in [0.717, 1.165) is 29.2 Å². The van der Waals surface area contributed by atoms with Gasteiger partial charge in [0.15, 0.2) is 0 Å². The summed E-state index contributed by atoms with van der Waals surface area (Å²) in [6.07, 6.45) is 3.55. The number of benzene rings is 2. The minimum absolute atomic E-state index is 0.113. The van der Waals surface area contributed by atoms with E-state index in [2.05, 4.69) is 17.4 Å². The molecule has 5 heteroatoms. The van der Waals surface area contributed by atoms with Crippen molar-refractivity contribution in [1.82, 2.24) is 0 Å². The van der Waals surface area contributed by atoms with E-state index >= 15 is 0 Å². The fourth-order valence-electron chi connectivity index (χ4n) is 3.37. The maximum absolute atomic E-state index is 12.5. The van der Waals surface area contributed by atoms with Crippen LogP contribution < -0.4 is 14.8 Å². The number of fused-ring (bicyclic) bond motifs is 1. The van der Waals surface area contributed by atoms with Crippen LogP contribution in [0.1, 0.15) is 39.7 Å². The molecule has 0 unspecified atom stereocenters. The van der Waals surface area contributed by atoms with Crippen LogP contribution in [0.5, 0.6) is 11.5 Å². The highest BCUT2D eigenvalue weighted by atomic mass is 32.1. The fraction of sp³-hybridized carbons (Fsp3) is 0.261.